The van der Waals surface area contributed by atoms with Crippen LogP contribution in [0.3, 0.4) is 0 Å². The van der Waals surface area contributed by atoms with Crippen LogP contribution in [0.15, 0.2) is 98.1 Å². The Morgan fingerprint density at radius 1 is 0.520 bits per heavy atom. The number of ether oxygens (including phenoxy) is 13. The molecule has 0 radical (unpaired) electrons. The number of ketones is 2. The molecule has 0 saturated carbocycles. The van der Waals surface area contributed by atoms with Crippen LogP contribution >= 0.6 is 0 Å². The lowest BCUT2D eigenvalue weighted by Crippen LogP contribution is -2.53. The first-order valence-corrected chi connectivity index (χ1v) is 32.6. The highest BCUT2D eigenvalue weighted by Gasteiger charge is 2.45. The number of nitrogens with zero attached hydrogens (tertiary/aromatic N) is 2. The van der Waals surface area contributed by atoms with Gasteiger partial charge in [-0.25, -0.2) is 28.8 Å². The second-order valence-electron chi connectivity index (χ2n) is 25.7. The maximum atomic E-state index is 14.0. The first kappa shape index (κ1) is 80.5. The molecule has 26 heteroatoms. The molecular formula is C74H94N2O24. The zero-order chi connectivity index (χ0) is 74.1. The van der Waals surface area contributed by atoms with Crippen molar-refractivity contribution in [1.82, 2.24) is 9.80 Å². The van der Waals surface area contributed by atoms with E-state index in [4.69, 9.17) is 66.7 Å². The van der Waals surface area contributed by atoms with Crippen LogP contribution in [0.4, 0.5) is 0 Å². The minimum Gasteiger partial charge on any atom is -0.493 e. The lowest BCUT2D eigenvalue weighted by molar-refractivity contribution is -0.165. The van der Waals surface area contributed by atoms with Crippen LogP contribution in [0.1, 0.15) is 134 Å². The Morgan fingerprint density at radius 2 is 0.910 bits per heavy atom. The summed E-state index contributed by atoms with van der Waals surface area (Å²) in [6.07, 6.45) is 4.48. The molecule has 0 spiro atoms. The first-order valence-electron chi connectivity index (χ1n) is 32.6. The SMILES string of the molecule is C=CC(=O)OCC(C)(C)C(=O)C(=O)N1CCCC[C@H]1C(=O)O[C@H](CCc1ccc(OC)c(OC)c1OC)c1cccc(OCC(=O)O)c1.C=CC(=O)OCC(C)(C)C(=O)C(=O)N1CCCC[C@H]1C(=O)O[C@H](CCc1ccc(OC)c(OC)c1OC)c1cccc(OCC(=O)OC(C)(C)C)c1. The number of methoxy groups -OCH3 is 6. The summed E-state index contributed by atoms with van der Waals surface area (Å²) in [5, 5.41) is 9.07. The van der Waals surface area contributed by atoms with Crippen molar-refractivity contribution in [2.45, 2.75) is 143 Å². The molecule has 26 nitrogen and oxygen atoms in total. The molecule has 4 aromatic rings. The maximum absolute atomic E-state index is 14.0. The van der Waals surface area contributed by atoms with E-state index in [9.17, 15) is 47.9 Å². The van der Waals surface area contributed by atoms with Crippen molar-refractivity contribution in [2.75, 3.05) is 82.2 Å². The number of likely N-dealkylation sites (tertiary alicyclic amines) is 2. The fraction of sp³-hybridized carbons (Fsp3) is 0.486. The summed E-state index contributed by atoms with van der Waals surface area (Å²) in [4.78, 5) is 131. The van der Waals surface area contributed by atoms with Gasteiger partial charge in [0.05, 0.1) is 53.5 Å². The van der Waals surface area contributed by atoms with Crippen molar-refractivity contribution in [3.63, 3.8) is 0 Å². The molecule has 2 heterocycles. The van der Waals surface area contributed by atoms with Gasteiger partial charge in [0.15, 0.2) is 36.2 Å². The molecule has 4 atom stereocenters. The number of hydrogen-bond acceptors (Lipinski definition) is 23. The van der Waals surface area contributed by atoms with Gasteiger partial charge in [-0.15, -0.1) is 0 Å². The average Bonchev–Trinajstić information content (AvgIpc) is 0.814. The molecule has 2 fully saturated rings. The lowest BCUT2D eigenvalue weighted by atomic mass is 9.87. The predicted molar refractivity (Wildman–Crippen MR) is 362 cm³/mol. The van der Waals surface area contributed by atoms with E-state index in [1.165, 1.54) is 80.2 Å². The van der Waals surface area contributed by atoms with Crippen LogP contribution in [0, 0.1) is 10.8 Å². The first-order chi connectivity index (χ1) is 47.4. The van der Waals surface area contributed by atoms with Crippen molar-refractivity contribution in [2.24, 2.45) is 10.8 Å². The maximum Gasteiger partial charge on any atom is 0.344 e. The summed E-state index contributed by atoms with van der Waals surface area (Å²) in [7, 11) is 9.06. The van der Waals surface area contributed by atoms with E-state index in [0.717, 1.165) is 23.3 Å². The molecule has 2 aliphatic heterocycles. The van der Waals surface area contributed by atoms with Gasteiger partial charge in [0.25, 0.3) is 11.8 Å². The fourth-order valence-electron chi connectivity index (χ4n) is 11.0. The third-order valence-electron chi connectivity index (χ3n) is 16.2. The molecule has 2 amide bonds. The van der Waals surface area contributed by atoms with Gasteiger partial charge in [-0.1, -0.05) is 49.6 Å². The van der Waals surface area contributed by atoms with E-state index in [2.05, 4.69) is 13.2 Å². The highest BCUT2D eigenvalue weighted by Crippen LogP contribution is 2.43. The molecule has 0 aromatic heterocycles. The summed E-state index contributed by atoms with van der Waals surface area (Å²) in [6, 6.07) is 18.5. The van der Waals surface area contributed by atoms with Crippen molar-refractivity contribution in [1.29, 1.82) is 0 Å². The molecule has 100 heavy (non-hydrogen) atoms. The van der Waals surface area contributed by atoms with Crippen molar-refractivity contribution >= 4 is 59.2 Å². The number of esters is 5. The highest BCUT2D eigenvalue weighted by molar-refractivity contribution is 6.39. The molecule has 4 aromatic carbocycles. The molecule has 2 aliphatic rings. The van der Waals surface area contributed by atoms with Gasteiger partial charge in [0, 0.05) is 25.2 Å². The monoisotopic (exact) mass is 1390 g/mol. The number of amides is 2. The van der Waals surface area contributed by atoms with Gasteiger partial charge in [-0.2, -0.15) is 0 Å². The Bertz CT molecular complexity index is 3570. The number of aliphatic carboxylic acids is 1. The molecule has 0 bridgehead atoms. The minimum absolute atomic E-state index is 0.166. The van der Waals surface area contributed by atoms with E-state index in [1.54, 1.807) is 81.4 Å². The number of aryl methyl sites for hydroxylation is 2. The molecule has 2 saturated heterocycles. The fourth-order valence-corrected chi connectivity index (χ4v) is 11.0. The quantitative estimate of drug-likeness (QED) is 0.0197. The number of carbonyl (C=O) groups excluding carboxylic acids is 9. The van der Waals surface area contributed by atoms with E-state index in [-0.39, 0.29) is 57.9 Å². The van der Waals surface area contributed by atoms with Crippen molar-refractivity contribution in [3.05, 3.63) is 120 Å². The summed E-state index contributed by atoms with van der Waals surface area (Å²) >= 11 is 0. The number of Topliss-reactive ketones (excluding diaryl/α,β-unsaturated/α-hetero) is 2. The smallest absolute Gasteiger partial charge is 0.344 e. The van der Waals surface area contributed by atoms with Crippen LogP contribution in [0.2, 0.25) is 0 Å². The molecule has 544 valence electrons. The Kier molecular flexibility index (Phi) is 30.4. The summed E-state index contributed by atoms with van der Waals surface area (Å²) < 4.78 is 72.0. The van der Waals surface area contributed by atoms with Gasteiger partial charge in [0.1, 0.15) is 54.6 Å². The van der Waals surface area contributed by atoms with Crippen LogP contribution in [-0.2, 0) is 84.5 Å². The predicted octanol–water partition coefficient (Wildman–Crippen LogP) is 9.45. The van der Waals surface area contributed by atoms with Crippen LogP contribution in [0.5, 0.6) is 46.0 Å². The van der Waals surface area contributed by atoms with Gasteiger partial charge in [0.2, 0.25) is 23.1 Å². The van der Waals surface area contributed by atoms with Crippen LogP contribution in [0.25, 0.3) is 0 Å². The Hall–Kier alpha value is -10.1. The van der Waals surface area contributed by atoms with Gasteiger partial charge >= 0.3 is 35.8 Å². The van der Waals surface area contributed by atoms with Gasteiger partial charge < -0.3 is 76.5 Å². The Labute approximate surface area is 583 Å². The molecule has 0 aliphatic carbocycles. The van der Waals surface area contributed by atoms with Crippen molar-refractivity contribution in [3.8, 4) is 46.0 Å². The van der Waals surface area contributed by atoms with E-state index >= 15 is 0 Å². The molecule has 6 rings (SSSR count). The number of hydrogen-bond donors (Lipinski definition) is 1. The Balaban J connectivity index is 0.000000362. The number of benzene rings is 4. The zero-order valence-electron chi connectivity index (χ0n) is 59.4. The third-order valence-corrected chi connectivity index (χ3v) is 16.2. The van der Waals surface area contributed by atoms with E-state index in [1.807, 2.05) is 12.1 Å². The molecule has 0 unspecified atom stereocenters. The largest absolute Gasteiger partial charge is 0.493 e. The van der Waals surface area contributed by atoms with Gasteiger partial charge in [-0.05, 0) is 171 Å². The number of carboxylic acids is 1. The number of rotatable bonds is 34. The Morgan fingerprint density at radius 3 is 1.26 bits per heavy atom. The minimum atomic E-state index is -1.35. The molecular weight excluding hydrogens is 1300 g/mol. The summed E-state index contributed by atoms with van der Waals surface area (Å²) in [6.45, 7) is 16.7. The van der Waals surface area contributed by atoms with Gasteiger partial charge in [-0.3, -0.25) is 19.2 Å². The second-order valence-corrected chi connectivity index (χ2v) is 25.7. The summed E-state index contributed by atoms with van der Waals surface area (Å²) in [5.41, 5.74) is -0.765. The standard InChI is InChI=1S/C39H51NO12.C35H43NO12/c1-10-31(41)50-24-39(5,6)35(43)36(44)40-21-12-11-16-28(40)37(45)51-29(19-17-25-18-20-30(46-7)34(48-9)33(25)47-8)26-14-13-15-27(22-26)49-23-32(42)52-38(2,3)4;1-7-29(39)47-21-35(2,3)32(40)33(41)36-18-9-8-13-25(36)34(42)48-26(23-11-10-12-24(19-23)46-20-28(37)38)16-14-22-15-17-27(43-4)31(45-6)30(22)44-5/h10,13-15,18,20,22,28-29H,1,11-12,16-17,19,21,23-24H2,2-9H3;7,10-12,15,17,19,25-26H,1,8-9,13-14,16,18,20-21H2,2-6H3,(H,37,38)/t28-,29+;25-,26+/m00/s1. The summed E-state index contributed by atoms with van der Waals surface area (Å²) in [5.74, 6) is -4.54. The van der Waals surface area contributed by atoms with Crippen LogP contribution < -0.4 is 37.9 Å². The lowest BCUT2D eigenvalue weighted by Gasteiger charge is -2.36. The normalized spacial score (nSPS) is 15.1. The van der Waals surface area contributed by atoms with E-state index < -0.39 is 107 Å². The average molecular weight is 1400 g/mol. The molecule has 1 N–H and O–H groups in total. The zero-order valence-corrected chi connectivity index (χ0v) is 59.4. The third kappa shape index (κ3) is 22.7. The number of piperidine rings is 2. The highest BCUT2D eigenvalue weighted by atomic mass is 16.6. The topological polar surface area (TPSA) is 317 Å². The number of carboxylic acid groups (broad SMARTS) is 1. The number of carbonyl (C=O) groups is 10. The van der Waals surface area contributed by atoms with E-state index in [0.29, 0.717) is 96.3 Å². The van der Waals surface area contributed by atoms with Crippen LogP contribution in [-0.4, -0.2) is 174 Å². The second kappa shape index (κ2) is 37.7. The van der Waals surface area contributed by atoms with Crippen molar-refractivity contribution < 1.29 is 115 Å².